The Morgan fingerprint density at radius 2 is 0.833 bits per heavy atom. The van der Waals surface area contributed by atoms with Crippen LogP contribution in [-0.4, -0.2) is 29.9 Å². The first kappa shape index (κ1) is 21.4. The molecule has 6 rings (SSSR count). The molecule has 6 aromatic rings. The molecule has 0 aliphatic carbocycles. The Labute approximate surface area is 208 Å². The van der Waals surface area contributed by atoms with Crippen LogP contribution in [-0.2, 0) is 0 Å². The van der Waals surface area contributed by atoms with Gasteiger partial charge in [-0.3, -0.25) is 19.9 Å². The summed E-state index contributed by atoms with van der Waals surface area (Å²) in [6.07, 6.45) is 7.09. The number of rotatable bonds is 5. The van der Waals surface area contributed by atoms with Crippen molar-refractivity contribution in [1.29, 1.82) is 0 Å². The summed E-state index contributed by atoms with van der Waals surface area (Å²) in [5, 5.41) is 0. The number of hydrogen-bond acceptors (Lipinski definition) is 6. The minimum Gasteiger partial charge on any atom is -0.255 e. The summed E-state index contributed by atoms with van der Waals surface area (Å²) >= 11 is 0. The van der Waals surface area contributed by atoms with Crippen LogP contribution in [0.3, 0.4) is 0 Å². The Kier molecular flexibility index (Phi) is 5.74. The molecule has 0 aromatic carbocycles. The fourth-order valence-corrected chi connectivity index (χ4v) is 4.02. The maximum atomic E-state index is 5.02. The van der Waals surface area contributed by atoms with E-state index in [1.165, 1.54) is 0 Å². The Morgan fingerprint density at radius 3 is 1.31 bits per heavy atom. The average Bonchev–Trinajstić information content (AvgIpc) is 2.98. The van der Waals surface area contributed by atoms with Gasteiger partial charge in [-0.2, -0.15) is 0 Å². The third-order valence-electron chi connectivity index (χ3n) is 5.72. The second-order valence-corrected chi connectivity index (χ2v) is 8.08. The van der Waals surface area contributed by atoms with Crippen molar-refractivity contribution < 1.29 is 0 Å². The van der Waals surface area contributed by atoms with Gasteiger partial charge in [0.05, 0.1) is 45.6 Å². The second-order valence-electron chi connectivity index (χ2n) is 8.08. The van der Waals surface area contributed by atoms with Crippen molar-refractivity contribution in [1.82, 2.24) is 29.9 Å². The van der Waals surface area contributed by atoms with Crippen LogP contribution in [0.25, 0.3) is 56.7 Å². The van der Waals surface area contributed by atoms with Crippen LogP contribution >= 0.6 is 0 Å². The summed E-state index contributed by atoms with van der Waals surface area (Å²) in [6, 6.07) is 31.4. The molecule has 0 saturated heterocycles. The minimum atomic E-state index is 0.759. The van der Waals surface area contributed by atoms with E-state index in [-0.39, 0.29) is 0 Å². The van der Waals surface area contributed by atoms with E-state index in [1.807, 2.05) is 91.0 Å². The second kappa shape index (κ2) is 9.64. The van der Waals surface area contributed by atoms with Gasteiger partial charge in [0.25, 0.3) is 0 Å². The predicted octanol–water partition coefficient (Wildman–Crippen LogP) is 6.39. The summed E-state index contributed by atoms with van der Waals surface area (Å²) < 4.78 is 0. The third kappa shape index (κ3) is 4.35. The molecule has 6 nitrogen and oxygen atoms in total. The molecule has 0 bridgehead atoms. The molecule has 0 radical (unpaired) electrons. The lowest BCUT2D eigenvalue weighted by Crippen LogP contribution is -1.98. The van der Waals surface area contributed by atoms with Crippen molar-refractivity contribution in [2.45, 2.75) is 0 Å². The Balaban J connectivity index is 1.58. The molecule has 0 fully saturated rings. The van der Waals surface area contributed by atoms with Crippen molar-refractivity contribution in [3.63, 3.8) is 0 Å². The molecule has 0 amide bonds. The fourth-order valence-electron chi connectivity index (χ4n) is 4.02. The van der Waals surface area contributed by atoms with Crippen LogP contribution in [0.15, 0.2) is 122 Å². The van der Waals surface area contributed by atoms with Gasteiger partial charge in [0, 0.05) is 30.4 Å². The lowest BCUT2D eigenvalue weighted by atomic mass is 9.98. The van der Waals surface area contributed by atoms with Gasteiger partial charge in [0.15, 0.2) is 0 Å². The van der Waals surface area contributed by atoms with Gasteiger partial charge in [0.1, 0.15) is 0 Å². The highest BCUT2D eigenvalue weighted by Crippen LogP contribution is 2.35. The number of hydrogen-bond donors (Lipinski definition) is 0. The molecule has 0 N–H and O–H groups in total. The first-order valence-electron chi connectivity index (χ1n) is 11.5. The molecule has 6 aromatic heterocycles. The highest BCUT2D eigenvalue weighted by atomic mass is 14.8. The lowest BCUT2D eigenvalue weighted by Gasteiger charge is -2.13. The molecule has 6 heterocycles. The van der Waals surface area contributed by atoms with E-state index in [0.29, 0.717) is 0 Å². The maximum absolute atomic E-state index is 5.02. The topological polar surface area (TPSA) is 77.3 Å². The summed E-state index contributed by atoms with van der Waals surface area (Å²) in [5.41, 5.74) is 8.11. The summed E-state index contributed by atoms with van der Waals surface area (Å²) in [4.78, 5) is 28.1. The summed E-state index contributed by atoms with van der Waals surface area (Å²) in [7, 11) is 0. The summed E-state index contributed by atoms with van der Waals surface area (Å²) in [5.74, 6) is 0. The summed E-state index contributed by atoms with van der Waals surface area (Å²) in [6.45, 7) is 0. The van der Waals surface area contributed by atoms with Gasteiger partial charge in [-0.15, -0.1) is 0 Å². The minimum absolute atomic E-state index is 0.759. The zero-order valence-electron chi connectivity index (χ0n) is 19.2. The maximum Gasteiger partial charge on any atom is 0.0972 e. The van der Waals surface area contributed by atoms with Crippen LogP contribution in [0, 0.1) is 0 Å². The van der Waals surface area contributed by atoms with Crippen LogP contribution in [0.1, 0.15) is 0 Å². The quantitative estimate of drug-likeness (QED) is 0.294. The largest absolute Gasteiger partial charge is 0.255 e. The lowest BCUT2D eigenvalue weighted by molar-refractivity contribution is 1.21. The van der Waals surface area contributed by atoms with Crippen molar-refractivity contribution in [2.24, 2.45) is 0 Å². The monoisotopic (exact) mass is 464 g/mol. The third-order valence-corrected chi connectivity index (χ3v) is 5.72. The van der Waals surface area contributed by atoms with Crippen molar-refractivity contribution in [2.75, 3.05) is 0 Å². The van der Waals surface area contributed by atoms with Crippen molar-refractivity contribution in [3.8, 4) is 56.7 Å². The zero-order chi connectivity index (χ0) is 24.2. The fraction of sp³-hybridized carbons (Fsp3) is 0. The van der Waals surface area contributed by atoms with E-state index >= 15 is 0 Å². The molecular weight excluding hydrogens is 444 g/mol. The molecule has 0 spiro atoms. The molecule has 170 valence electrons. The van der Waals surface area contributed by atoms with E-state index < -0.39 is 0 Å². The van der Waals surface area contributed by atoms with E-state index in [2.05, 4.69) is 26.0 Å². The van der Waals surface area contributed by atoms with E-state index in [4.69, 9.17) is 9.97 Å². The van der Waals surface area contributed by atoms with E-state index in [9.17, 15) is 0 Å². The molecule has 0 aliphatic heterocycles. The Bertz CT molecular complexity index is 1550. The first-order chi connectivity index (χ1) is 17.8. The predicted molar refractivity (Wildman–Crippen MR) is 140 cm³/mol. The Morgan fingerprint density at radius 1 is 0.361 bits per heavy atom. The van der Waals surface area contributed by atoms with Crippen LogP contribution in [0.4, 0.5) is 0 Å². The normalized spacial score (nSPS) is 10.8. The van der Waals surface area contributed by atoms with Gasteiger partial charge < -0.3 is 0 Å². The molecule has 0 saturated carbocycles. The molecule has 0 atom stereocenters. The van der Waals surface area contributed by atoms with Gasteiger partial charge in [-0.1, -0.05) is 24.3 Å². The molecule has 0 unspecified atom stereocenters. The standard InChI is InChI=1S/C30H20N6/c1-5-15-31-23(9-1)26-14-13-22(30(36-26)27-12-4-8-18-34-27)21-19-28(24-10-2-6-16-32-24)35-29(20-21)25-11-3-7-17-33-25/h1-20H. The van der Waals surface area contributed by atoms with Crippen molar-refractivity contribution >= 4 is 0 Å². The number of pyridine rings is 6. The molecular formula is C30H20N6. The van der Waals surface area contributed by atoms with Crippen LogP contribution in [0.5, 0.6) is 0 Å². The molecule has 36 heavy (non-hydrogen) atoms. The molecule has 6 heteroatoms. The smallest absolute Gasteiger partial charge is 0.0972 e. The Hall–Kier alpha value is -5.10. The van der Waals surface area contributed by atoms with E-state index in [0.717, 1.165) is 56.7 Å². The van der Waals surface area contributed by atoms with Gasteiger partial charge in [-0.05, 0) is 78.4 Å². The SMILES string of the molecule is c1ccc(-c2cc(-c3ccc(-c4ccccn4)nc3-c3ccccn3)cc(-c3ccccn3)n2)nc1. The zero-order valence-corrected chi connectivity index (χ0v) is 19.2. The van der Waals surface area contributed by atoms with Crippen molar-refractivity contribution in [3.05, 3.63) is 122 Å². The van der Waals surface area contributed by atoms with Crippen LogP contribution < -0.4 is 0 Å². The van der Waals surface area contributed by atoms with Crippen LogP contribution in [0.2, 0.25) is 0 Å². The van der Waals surface area contributed by atoms with Gasteiger partial charge >= 0.3 is 0 Å². The highest BCUT2D eigenvalue weighted by Gasteiger charge is 2.16. The number of nitrogens with zero attached hydrogens (tertiary/aromatic N) is 6. The van der Waals surface area contributed by atoms with E-state index in [1.54, 1.807) is 24.8 Å². The average molecular weight is 465 g/mol. The van der Waals surface area contributed by atoms with Gasteiger partial charge in [0.2, 0.25) is 0 Å². The first-order valence-corrected chi connectivity index (χ1v) is 11.5. The molecule has 0 aliphatic rings. The number of aromatic nitrogens is 6. The highest BCUT2D eigenvalue weighted by molar-refractivity contribution is 5.84. The van der Waals surface area contributed by atoms with Gasteiger partial charge in [-0.25, -0.2) is 9.97 Å².